The SMILES string of the molecule is O=C(CNS(=O)(=O)c1cccc(Cl)c1)Nc1ccc(Cl)cc1Cl. The van der Waals surface area contributed by atoms with Gasteiger partial charge in [-0.05, 0) is 36.4 Å². The van der Waals surface area contributed by atoms with Gasteiger partial charge in [0.25, 0.3) is 0 Å². The Morgan fingerprint density at radius 3 is 2.35 bits per heavy atom. The third-order valence-corrected chi connectivity index (χ3v) is 4.92. The van der Waals surface area contributed by atoms with Gasteiger partial charge in [-0.15, -0.1) is 0 Å². The predicted molar refractivity (Wildman–Crippen MR) is 91.7 cm³/mol. The summed E-state index contributed by atoms with van der Waals surface area (Å²) in [7, 11) is -3.84. The first-order valence-corrected chi connectivity index (χ1v) is 8.90. The minimum Gasteiger partial charge on any atom is -0.324 e. The van der Waals surface area contributed by atoms with Crippen molar-refractivity contribution < 1.29 is 13.2 Å². The van der Waals surface area contributed by atoms with Crippen molar-refractivity contribution in [3.8, 4) is 0 Å². The summed E-state index contributed by atoms with van der Waals surface area (Å²) in [5.74, 6) is -0.570. The zero-order chi connectivity index (χ0) is 17.0. The van der Waals surface area contributed by atoms with Crippen molar-refractivity contribution in [3.05, 3.63) is 57.5 Å². The van der Waals surface area contributed by atoms with Gasteiger partial charge in [-0.3, -0.25) is 4.79 Å². The molecule has 0 saturated carbocycles. The first-order chi connectivity index (χ1) is 10.8. The van der Waals surface area contributed by atoms with Crippen LogP contribution in [0.5, 0.6) is 0 Å². The van der Waals surface area contributed by atoms with Gasteiger partial charge in [0, 0.05) is 10.0 Å². The number of hydrogen-bond acceptors (Lipinski definition) is 3. The van der Waals surface area contributed by atoms with Crippen LogP contribution >= 0.6 is 34.8 Å². The average molecular weight is 394 g/mol. The Bertz CT molecular complexity index is 841. The molecule has 0 spiro atoms. The number of hydrogen-bond donors (Lipinski definition) is 2. The van der Waals surface area contributed by atoms with E-state index in [4.69, 9.17) is 34.8 Å². The molecule has 0 bridgehead atoms. The number of sulfonamides is 1. The maximum absolute atomic E-state index is 12.1. The molecule has 9 heteroatoms. The molecule has 2 aromatic carbocycles. The van der Waals surface area contributed by atoms with Crippen LogP contribution in [0.25, 0.3) is 0 Å². The van der Waals surface area contributed by atoms with Gasteiger partial charge in [0.1, 0.15) is 0 Å². The summed E-state index contributed by atoms with van der Waals surface area (Å²) in [5, 5.41) is 3.45. The van der Waals surface area contributed by atoms with Crippen molar-refractivity contribution in [1.82, 2.24) is 4.72 Å². The fourth-order valence-corrected chi connectivity index (χ4v) is 3.40. The summed E-state index contributed by atoms with van der Waals surface area (Å²) in [6.45, 7) is -0.451. The van der Waals surface area contributed by atoms with Gasteiger partial charge in [0.15, 0.2) is 0 Å². The summed E-state index contributed by atoms with van der Waals surface area (Å²) in [4.78, 5) is 11.8. The van der Waals surface area contributed by atoms with E-state index in [1.165, 1.54) is 30.3 Å². The zero-order valence-electron chi connectivity index (χ0n) is 11.5. The fourth-order valence-electron chi connectivity index (χ4n) is 1.66. The van der Waals surface area contributed by atoms with Gasteiger partial charge >= 0.3 is 0 Å². The van der Waals surface area contributed by atoms with Crippen LogP contribution in [0.3, 0.4) is 0 Å². The Kier molecular flexibility index (Phi) is 5.89. The first-order valence-electron chi connectivity index (χ1n) is 6.28. The van der Waals surface area contributed by atoms with Crippen molar-refractivity contribution in [2.75, 3.05) is 11.9 Å². The standard InChI is InChI=1S/C14H11Cl3N2O3S/c15-9-2-1-3-11(6-9)23(21,22)18-8-14(20)19-13-5-4-10(16)7-12(13)17/h1-7,18H,8H2,(H,19,20). The van der Waals surface area contributed by atoms with E-state index in [9.17, 15) is 13.2 Å². The highest BCUT2D eigenvalue weighted by atomic mass is 35.5. The van der Waals surface area contributed by atoms with Crippen molar-refractivity contribution in [3.63, 3.8) is 0 Å². The summed E-state index contributed by atoms with van der Waals surface area (Å²) in [6, 6.07) is 10.3. The lowest BCUT2D eigenvalue weighted by Gasteiger charge is -2.09. The zero-order valence-corrected chi connectivity index (χ0v) is 14.6. The van der Waals surface area contributed by atoms with Crippen molar-refractivity contribution in [1.29, 1.82) is 0 Å². The molecule has 0 unspecified atom stereocenters. The molecule has 1 amide bonds. The Labute approximate surface area is 148 Å². The van der Waals surface area contributed by atoms with Crippen LogP contribution in [0, 0.1) is 0 Å². The third kappa shape index (κ3) is 5.09. The number of benzene rings is 2. The minimum atomic E-state index is -3.84. The smallest absolute Gasteiger partial charge is 0.241 e. The molecule has 2 N–H and O–H groups in total. The van der Waals surface area contributed by atoms with E-state index in [-0.39, 0.29) is 14.9 Å². The van der Waals surface area contributed by atoms with Gasteiger partial charge in [-0.2, -0.15) is 0 Å². The molecular formula is C14H11Cl3N2O3S. The highest BCUT2D eigenvalue weighted by Gasteiger charge is 2.16. The van der Waals surface area contributed by atoms with Crippen molar-refractivity contribution in [2.45, 2.75) is 4.90 Å². The molecule has 0 aromatic heterocycles. The van der Waals surface area contributed by atoms with Gasteiger partial charge in [0.2, 0.25) is 15.9 Å². The first kappa shape index (κ1) is 18.0. The normalized spacial score (nSPS) is 11.3. The van der Waals surface area contributed by atoms with Crippen molar-refractivity contribution >= 4 is 56.4 Å². The Morgan fingerprint density at radius 2 is 1.70 bits per heavy atom. The molecule has 0 aliphatic heterocycles. The number of carbonyl (C=O) groups is 1. The van der Waals surface area contributed by atoms with Crippen molar-refractivity contribution in [2.24, 2.45) is 0 Å². The second kappa shape index (κ2) is 7.51. The second-order valence-electron chi connectivity index (χ2n) is 4.45. The van der Waals surface area contributed by atoms with Crippen LogP contribution in [0.2, 0.25) is 15.1 Å². The molecular weight excluding hydrogens is 383 g/mol. The van der Waals surface area contributed by atoms with E-state index < -0.39 is 22.5 Å². The van der Waals surface area contributed by atoms with E-state index in [2.05, 4.69) is 10.0 Å². The number of amides is 1. The average Bonchev–Trinajstić information content (AvgIpc) is 2.48. The Morgan fingerprint density at radius 1 is 1.00 bits per heavy atom. The molecule has 0 heterocycles. The number of rotatable bonds is 5. The number of anilines is 1. The highest BCUT2D eigenvalue weighted by molar-refractivity contribution is 7.89. The predicted octanol–water partition coefficient (Wildman–Crippen LogP) is 3.56. The fraction of sp³-hybridized carbons (Fsp3) is 0.0714. The maximum Gasteiger partial charge on any atom is 0.241 e. The molecule has 2 rings (SSSR count). The Hall–Kier alpha value is -1.31. The molecule has 23 heavy (non-hydrogen) atoms. The van der Waals surface area contributed by atoms with Gasteiger partial charge in [-0.1, -0.05) is 40.9 Å². The lowest BCUT2D eigenvalue weighted by molar-refractivity contribution is -0.115. The molecule has 5 nitrogen and oxygen atoms in total. The summed E-state index contributed by atoms with van der Waals surface area (Å²) < 4.78 is 26.3. The summed E-state index contributed by atoms with van der Waals surface area (Å²) >= 11 is 17.4. The van der Waals surface area contributed by atoms with E-state index in [1.54, 1.807) is 12.1 Å². The lowest BCUT2D eigenvalue weighted by Crippen LogP contribution is -2.32. The second-order valence-corrected chi connectivity index (χ2v) is 7.50. The monoisotopic (exact) mass is 392 g/mol. The van der Waals surface area contributed by atoms with Crippen LogP contribution in [-0.4, -0.2) is 20.9 Å². The molecule has 0 aliphatic carbocycles. The van der Waals surface area contributed by atoms with Crippen LogP contribution in [0.4, 0.5) is 5.69 Å². The van der Waals surface area contributed by atoms with Crippen LogP contribution < -0.4 is 10.0 Å². The summed E-state index contributed by atoms with van der Waals surface area (Å²) in [5.41, 5.74) is 0.336. The van der Waals surface area contributed by atoms with E-state index in [0.29, 0.717) is 10.7 Å². The molecule has 122 valence electrons. The molecule has 0 radical (unpaired) electrons. The quantitative estimate of drug-likeness (QED) is 0.815. The molecule has 0 saturated heterocycles. The molecule has 2 aromatic rings. The molecule has 0 aliphatic rings. The summed E-state index contributed by atoms with van der Waals surface area (Å²) in [6.07, 6.45) is 0. The number of nitrogens with one attached hydrogen (secondary N) is 2. The van der Waals surface area contributed by atoms with Crippen LogP contribution in [0.15, 0.2) is 47.4 Å². The number of halogens is 3. The van der Waals surface area contributed by atoms with E-state index in [0.717, 1.165) is 0 Å². The Balaban J connectivity index is 2.01. The van der Waals surface area contributed by atoms with E-state index >= 15 is 0 Å². The molecule has 0 atom stereocenters. The minimum absolute atomic E-state index is 0.0256. The van der Waals surface area contributed by atoms with Gasteiger partial charge in [0.05, 0.1) is 22.2 Å². The van der Waals surface area contributed by atoms with Gasteiger partial charge in [-0.25, -0.2) is 13.1 Å². The highest BCUT2D eigenvalue weighted by Crippen LogP contribution is 2.25. The molecule has 0 fully saturated rings. The maximum atomic E-state index is 12.1. The topological polar surface area (TPSA) is 75.3 Å². The lowest BCUT2D eigenvalue weighted by atomic mass is 10.3. The number of carbonyl (C=O) groups excluding carboxylic acids is 1. The van der Waals surface area contributed by atoms with E-state index in [1.807, 2.05) is 0 Å². The largest absolute Gasteiger partial charge is 0.324 e. The van der Waals surface area contributed by atoms with Gasteiger partial charge < -0.3 is 5.32 Å². The van der Waals surface area contributed by atoms with Crippen LogP contribution in [0.1, 0.15) is 0 Å². The van der Waals surface area contributed by atoms with Crippen LogP contribution in [-0.2, 0) is 14.8 Å². The third-order valence-electron chi connectivity index (χ3n) is 2.73.